The first-order valence-corrected chi connectivity index (χ1v) is 7.68. The standard InChI is InChI=1S/C16H17FN6O/c1-10-7-11(3-6-13(10)17)15-20-22-23(21-15)8-14(24)19-16(2,9-18)12-4-5-12/h3,6-7,12H,4-5,8H2,1-2H3,(H,19,24)/t16-/m1/s1. The van der Waals surface area contributed by atoms with E-state index in [0.29, 0.717) is 17.0 Å². The molecule has 2 aromatic rings. The number of hydrogen-bond donors (Lipinski definition) is 1. The highest BCUT2D eigenvalue weighted by Crippen LogP contribution is 2.39. The number of carbonyl (C=O) groups is 1. The average Bonchev–Trinajstić information content (AvgIpc) is 3.31. The summed E-state index contributed by atoms with van der Waals surface area (Å²) in [5, 5.41) is 23.9. The lowest BCUT2D eigenvalue weighted by Gasteiger charge is -2.22. The molecule has 1 aliphatic carbocycles. The van der Waals surface area contributed by atoms with E-state index in [0.717, 1.165) is 17.6 Å². The number of hydrogen-bond acceptors (Lipinski definition) is 5. The lowest BCUT2D eigenvalue weighted by molar-refractivity contribution is -0.123. The Morgan fingerprint density at radius 1 is 1.54 bits per heavy atom. The van der Waals surface area contributed by atoms with Crippen molar-refractivity contribution in [2.24, 2.45) is 5.92 Å². The van der Waals surface area contributed by atoms with Crippen molar-refractivity contribution in [1.82, 2.24) is 25.5 Å². The molecule has 7 nitrogen and oxygen atoms in total. The zero-order chi connectivity index (χ0) is 17.3. The zero-order valence-electron chi connectivity index (χ0n) is 13.5. The lowest BCUT2D eigenvalue weighted by Crippen LogP contribution is -2.48. The Morgan fingerprint density at radius 2 is 2.29 bits per heavy atom. The largest absolute Gasteiger partial charge is 0.336 e. The molecule has 8 heteroatoms. The Balaban J connectivity index is 1.68. The van der Waals surface area contributed by atoms with Gasteiger partial charge in [0.2, 0.25) is 11.7 Å². The smallest absolute Gasteiger partial charge is 0.244 e. The zero-order valence-corrected chi connectivity index (χ0v) is 13.5. The van der Waals surface area contributed by atoms with Gasteiger partial charge in [-0.1, -0.05) is 0 Å². The van der Waals surface area contributed by atoms with E-state index in [1.165, 1.54) is 6.07 Å². The summed E-state index contributed by atoms with van der Waals surface area (Å²) < 4.78 is 13.3. The first-order chi connectivity index (χ1) is 11.4. The van der Waals surface area contributed by atoms with Crippen LogP contribution in [0.1, 0.15) is 25.3 Å². The van der Waals surface area contributed by atoms with Gasteiger partial charge in [0.05, 0.1) is 6.07 Å². The molecule has 1 aromatic heterocycles. The third-order valence-corrected chi connectivity index (χ3v) is 4.18. The average molecular weight is 328 g/mol. The number of nitriles is 1. The number of halogens is 1. The van der Waals surface area contributed by atoms with Crippen LogP contribution in [0.25, 0.3) is 11.4 Å². The maximum atomic E-state index is 13.3. The topological polar surface area (TPSA) is 96.5 Å². The highest BCUT2D eigenvalue weighted by Gasteiger charge is 2.43. The maximum Gasteiger partial charge on any atom is 0.244 e. The molecule has 1 aromatic carbocycles. The second-order valence-corrected chi connectivity index (χ2v) is 6.24. The first kappa shape index (κ1) is 16.1. The fraction of sp³-hybridized carbons (Fsp3) is 0.438. The molecule has 1 N–H and O–H groups in total. The van der Waals surface area contributed by atoms with Gasteiger partial charge in [-0.15, -0.1) is 10.2 Å². The quantitative estimate of drug-likeness (QED) is 0.899. The van der Waals surface area contributed by atoms with Crippen molar-refractivity contribution in [3.05, 3.63) is 29.6 Å². The van der Waals surface area contributed by atoms with Gasteiger partial charge < -0.3 is 5.32 Å². The van der Waals surface area contributed by atoms with Crippen LogP contribution in [0.4, 0.5) is 4.39 Å². The van der Waals surface area contributed by atoms with E-state index in [9.17, 15) is 14.4 Å². The van der Waals surface area contributed by atoms with E-state index >= 15 is 0 Å². The molecular formula is C16H17FN6O. The summed E-state index contributed by atoms with van der Waals surface area (Å²) in [6.45, 7) is 3.25. The second kappa shape index (κ2) is 6.00. The van der Waals surface area contributed by atoms with Crippen LogP contribution in [0.15, 0.2) is 18.2 Å². The minimum absolute atomic E-state index is 0.128. The molecular weight excluding hydrogens is 311 g/mol. The Labute approximate surface area is 138 Å². The molecule has 0 unspecified atom stereocenters. The maximum absolute atomic E-state index is 13.3. The minimum atomic E-state index is -0.853. The fourth-order valence-corrected chi connectivity index (χ4v) is 2.55. The van der Waals surface area contributed by atoms with Gasteiger partial charge in [-0.05, 0) is 61.6 Å². The van der Waals surface area contributed by atoms with E-state index < -0.39 is 5.54 Å². The molecule has 1 aliphatic rings. The molecule has 0 aliphatic heterocycles. The molecule has 1 atom stereocenters. The number of rotatable bonds is 5. The van der Waals surface area contributed by atoms with Gasteiger partial charge in [-0.25, -0.2) is 4.39 Å². The van der Waals surface area contributed by atoms with Crippen molar-refractivity contribution in [2.75, 3.05) is 0 Å². The van der Waals surface area contributed by atoms with Gasteiger partial charge in [0.15, 0.2) is 0 Å². The normalized spacial score (nSPS) is 16.2. The van der Waals surface area contributed by atoms with Gasteiger partial charge in [0.25, 0.3) is 0 Å². The van der Waals surface area contributed by atoms with Gasteiger partial charge >= 0.3 is 0 Å². The molecule has 3 rings (SSSR count). The van der Waals surface area contributed by atoms with Gasteiger partial charge in [-0.3, -0.25) is 4.79 Å². The molecule has 1 saturated carbocycles. The van der Waals surface area contributed by atoms with E-state index in [1.54, 1.807) is 26.0 Å². The van der Waals surface area contributed by atoms with Crippen LogP contribution in [0.3, 0.4) is 0 Å². The van der Waals surface area contributed by atoms with Gasteiger partial charge in [0, 0.05) is 5.56 Å². The van der Waals surface area contributed by atoms with Crippen LogP contribution in [0.5, 0.6) is 0 Å². The number of nitrogens with zero attached hydrogens (tertiary/aromatic N) is 5. The molecule has 1 amide bonds. The molecule has 0 spiro atoms. The SMILES string of the molecule is Cc1cc(-c2nnn(CC(=O)N[C@](C)(C#N)C3CC3)n2)ccc1F. The van der Waals surface area contributed by atoms with Crippen molar-refractivity contribution in [2.45, 2.75) is 38.8 Å². The van der Waals surface area contributed by atoms with Crippen molar-refractivity contribution in [3.63, 3.8) is 0 Å². The number of amides is 1. The van der Waals surface area contributed by atoms with E-state index in [2.05, 4.69) is 26.8 Å². The van der Waals surface area contributed by atoms with Crippen LogP contribution in [-0.4, -0.2) is 31.7 Å². The molecule has 124 valence electrons. The Kier molecular flexibility index (Phi) is 4.01. The number of carbonyl (C=O) groups excluding carboxylic acids is 1. The van der Waals surface area contributed by atoms with Crippen LogP contribution in [0, 0.1) is 30.0 Å². The molecule has 0 bridgehead atoms. The van der Waals surface area contributed by atoms with Crippen molar-refractivity contribution in [1.29, 1.82) is 5.26 Å². The molecule has 1 heterocycles. The molecule has 0 radical (unpaired) electrons. The predicted molar refractivity (Wildman–Crippen MR) is 82.8 cm³/mol. The van der Waals surface area contributed by atoms with Gasteiger partial charge in [-0.2, -0.15) is 10.1 Å². The summed E-state index contributed by atoms with van der Waals surface area (Å²) in [6.07, 6.45) is 1.89. The molecule has 1 fully saturated rings. The molecule has 24 heavy (non-hydrogen) atoms. The third kappa shape index (κ3) is 3.25. The van der Waals surface area contributed by atoms with Gasteiger partial charge in [0.1, 0.15) is 17.9 Å². The summed E-state index contributed by atoms with van der Waals surface area (Å²) in [5.41, 5.74) is 0.255. The van der Waals surface area contributed by atoms with Crippen molar-refractivity contribution in [3.8, 4) is 17.5 Å². The number of aromatic nitrogens is 4. The Hall–Kier alpha value is -2.82. The third-order valence-electron chi connectivity index (χ3n) is 4.18. The van der Waals surface area contributed by atoms with Crippen LogP contribution >= 0.6 is 0 Å². The van der Waals surface area contributed by atoms with Crippen LogP contribution in [0.2, 0.25) is 0 Å². The summed E-state index contributed by atoms with van der Waals surface area (Å²) in [4.78, 5) is 13.3. The Bertz CT molecular complexity index is 822. The monoisotopic (exact) mass is 328 g/mol. The van der Waals surface area contributed by atoms with E-state index in [1.807, 2.05) is 0 Å². The second-order valence-electron chi connectivity index (χ2n) is 6.24. The van der Waals surface area contributed by atoms with E-state index in [-0.39, 0.29) is 24.2 Å². The highest BCUT2D eigenvalue weighted by atomic mass is 19.1. The Morgan fingerprint density at radius 3 is 2.92 bits per heavy atom. The summed E-state index contributed by atoms with van der Waals surface area (Å²) in [5.74, 6) is -0.129. The molecule has 0 saturated heterocycles. The number of benzene rings is 1. The summed E-state index contributed by atoms with van der Waals surface area (Å²) in [7, 11) is 0. The lowest BCUT2D eigenvalue weighted by atomic mass is 9.98. The highest BCUT2D eigenvalue weighted by molar-refractivity contribution is 5.77. The summed E-state index contributed by atoms with van der Waals surface area (Å²) >= 11 is 0. The number of aryl methyl sites for hydroxylation is 1. The predicted octanol–water partition coefficient (Wildman–Crippen LogP) is 1.60. The number of tetrazole rings is 1. The summed E-state index contributed by atoms with van der Waals surface area (Å²) in [6, 6.07) is 6.69. The van der Waals surface area contributed by atoms with Crippen molar-refractivity contribution >= 4 is 5.91 Å². The van der Waals surface area contributed by atoms with Crippen LogP contribution in [-0.2, 0) is 11.3 Å². The first-order valence-electron chi connectivity index (χ1n) is 7.68. The fourth-order valence-electron chi connectivity index (χ4n) is 2.55. The van der Waals surface area contributed by atoms with Crippen molar-refractivity contribution < 1.29 is 9.18 Å². The van der Waals surface area contributed by atoms with Crippen LogP contribution < -0.4 is 5.32 Å². The van der Waals surface area contributed by atoms with E-state index in [4.69, 9.17) is 0 Å². The number of nitrogens with one attached hydrogen (secondary N) is 1. The minimum Gasteiger partial charge on any atom is -0.336 e.